The van der Waals surface area contributed by atoms with E-state index in [-0.39, 0.29) is 11.5 Å². The molecule has 0 radical (unpaired) electrons. The number of fused-ring (bicyclic) bond motifs is 1. The number of nitrogens with two attached hydrogens (primary N) is 1. The predicted molar refractivity (Wildman–Crippen MR) is 71.6 cm³/mol. The molecule has 2 nitrogen and oxygen atoms in total. The summed E-state index contributed by atoms with van der Waals surface area (Å²) in [6, 6.07) is 4.62. The fourth-order valence-corrected chi connectivity index (χ4v) is 2.35. The summed E-state index contributed by atoms with van der Waals surface area (Å²) in [5, 5.41) is 0. The Morgan fingerprint density at radius 3 is 2.65 bits per heavy atom. The molecule has 94 valence electrons. The van der Waals surface area contributed by atoms with Gasteiger partial charge in [-0.2, -0.15) is 0 Å². The van der Waals surface area contributed by atoms with Gasteiger partial charge in [-0.05, 0) is 17.4 Å². The predicted octanol–water partition coefficient (Wildman–Crippen LogP) is 3.33. The molecule has 1 atom stereocenters. The average molecular weight is 233 g/mol. The zero-order chi connectivity index (χ0) is 12.6. The summed E-state index contributed by atoms with van der Waals surface area (Å²) >= 11 is 0. The van der Waals surface area contributed by atoms with Crippen LogP contribution in [0.3, 0.4) is 0 Å². The van der Waals surface area contributed by atoms with Crippen LogP contribution in [0.25, 0.3) is 0 Å². The lowest BCUT2D eigenvalue weighted by Gasteiger charge is -2.31. The molecule has 2 heteroatoms. The van der Waals surface area contributed by atoms with Crippen molar-refractivity contribution in [3.63, 3.8) is 0 Å². The zero-order valence-corrected chi connectivity index (χ0v) is 11.3. The third-order valence-electron chi connectivity index (χ3n) is 3.47. The van der Waals surface area contributed by atoms with Gasteiger partial charge >= 0.3 is 0 Å². The molecule has 1 aromatic carbocycles. The topological polar surface area (TPSA) is 35.2 Å². The van der Waals surface area contributed by atoms with E-state index in [9.17, 15) is 0 Å². The van der Waals surface area contributed by atoms with Gasteiger partial charge in [-0.15, -0.1) is 0 Å². The van der Waals surface area contributed by atoms with Gasteiger partial charge in [0.25, 0.3) is 0 Å². The van der Waals surface area contributed by atoms with Crippen LogP contribution in [0.4, 0.5) is 0 Å². The molecule has 2 rings (SSSR count). The van der Waals surface area contributed by atoms with Gasteiger partial charge in [0.05, 0.1) is 6.61 Å². The maximum Gasteiger partial charge on any atom is 0.127 e. The molecule has 0 amide bonds. The molecular weight excluding hydrogens is 210 g/mol. The Morgan fingerprint density at radius 2 is 2.06 bits per heavy atom. The van der Waals surface area contributed by atoms with E-state index in [1.165, 1.54) is 16.7 Å². The number of aryl methyl sites for hydroxylation is 1. The first-order valence-electron chi connectivity index (χ1n) is 6.49. The van der Waals surface area contributed by atoms with Crippen LogP contribution in [0, 0.1) is 0 Å². The molecular formula is C15H23NO. The van der Waals surface area contributed by atoms with Crippen molar-refractivity contribution >= 4 is 0 Å². The normalized spacial score (nSPS) is 19.7. The molecule has 1 aromatic rings. The Balaban J connectivity index is 2.62. The highest BCUT2D eigenvalue weighted by Gasteiger charge is 2.27. The van der Waals surface area contributed by atoms with E-state index < -0.39 is 0 Å². The molecule has 0 bridgehead atoms. The average Bonchev–Trinajstić information content (AvgIpc) is 2.27. The van der Waals surface area contributed by atoms with Crippen molar-refractivity contribution in [2.24, 2.45) is 5.73 Å². The minimum Gasteiger partial charge on any atom is -0.493 e. The summed E-state index contributed by atoms with van der Waals surface area (Å²) < 4.78 is 5.87. The molecule has 0 unspecified atom stereocenters. The van der Waals surface area contributed by atoms with Crippen LogP contribution in [0.15, 0.2) is 12.1 Å². The highest BCUT2D eigenvalue weighted by atomic mass is 16.5. The molecule has 0 spiro atoms. The molecule has 1 aliphatic rings. The lowest BCUT2D eigenvalue weighted by atomic mass is 9.82. The molecule has 1 heterocycles. The molecule has 0 aliphatic carbocycles. The smallest absolute Gasteiger partial charge is 0.127 e. The lowest BCUT2D eigenvalue weighted by Crippen LogP contribution is -2.24. The summed E-state index contributed by atoms with van der Waals surface area (Å²) in [6.07, 6.45) is 1.97. The lowest BCUT2D eigenvalue weighted by molar-refractivity contribution is 0.261. The van der Waals surface area contributed by atoms with Gasteiger partial charge in [-0.25, -0.2) is 0 Å². The first kappa shape index (κ1) is 12.4. The SMILES string of the molecule is CCc1cc2c(c(C(C)(C)C)c1)OCC[C@H]2N. The van der Waals surface area contributed by atoms with Gasteiger partial charge < -0.3 is 10.5 Å². The highest BCUT2D eigenvalue weighted by molar-refractivity contribution is 5.50. The Morgan fingerprint density at radius 1 is 1.35 bits per heavy atom. The van der Waals surface area contributed by atoms with E-state index in [0.717, 1.165) is 25.2 Å². The Labute approximate surface area is 104 Å². The minimum absolute atomic E-state index is 0.103. The highest BCUT2D eigenvalue weighted by Crippen LogP contribution is 2.40. The third kappa shape index (κ3) is 2.32. The van der Waals surface area contributed by atoms with Crippen LogP contribution >= 0.6 is 0 Å². The number of hydrogen-bond donors (Lipinski definition) is 1. The quantitative estimate of drug-likeness (QED) is 0.807. The number of benzene rings is 1. The Kier molecular flexibility index (Phi) is 3.17. The van der Waals surface area contributed by atoms with Crippen molar-refractivity contribution in [2.45, 2.75) is 52.0 Å². The van der Waals surface area contributed by atoms with Crippen molar-refractivity contribution in [3.8, 4) is 5.75 Å². The van der Waals surface area contributed by atoms with Crippen LogP contribution in [0.1, 0.15) is 56.8 Å². The van der Waals surface area contributed by atoms with E-state index in [2.05, 4.69) is 39.8 Å². The summed E-state index contributed by atoms with van der Waals surface area (Å²) in [5.74, 6) is 1.04. The second kappa shape index (κ2) is 4.34. The zero-order valence-electron chi connectivity index (χ0n) is 11.3. The van der Waals surface area contributed by atoms with E-state index in [0.29, 0.717) is 0 Å². The van der Waals surface area contributed by atoms with Crippen LogP contribution in [0.2, 0.25) is 0 Å². The van der Waals surface area contributed by atoms with Crippen molar-refractivity contribution in [3.05, 3.63) is 28.8 Å². The monoisotopic (exact) mass is 233 g/mol. The van der Waals surface area contributed by atoms with Gasteiger partial charge in [0, 0.05) is 23.6 Å². The standard InChI is InChI=1S/C15H23NO/c1-5-10-8-11-13(16)6-7-17-14(11)12(9-10)15(2,3)4/h8-9,13H,5-7,16H2,1-4H3/t13-/m1/s1. The second-order valence-electron chi connectivity index (χ2n) is 5.91. The van der Waals surface area contributed by atoms with E-state index >= 15 is 0 Å². The van der Waals surface area contributed by atoms with Gasteiger partial charge in [0.1, 0.15) is 5.75 Å². The molecule has 0 saturated carbocycles. The van der Waals surface area contributed by atoms with Crippen LogP contribution < -0.4 is 10.5 Å². The van der Waals surface area contributed by atoms with Crippen LogP contribution in [-0.4, -0.2) is 6.61 Å². The summed E-state index contributed by atoms with van der Waals surface area (Å²) in [7, 11) is 0. The van der Waals surface area contributed by atoms with Gasteiger partial charge in [-0.1, -0.05) is 39.8 Å². The summed E-state index contributed by atoms with van der Waals surface area (Å²) in [6.45, 7) is 9.61. The largest absolute Gasteiger partial charge is 0.493 e. The Hall–Kier alpha value is -1.02. The first-order chi connectivity index (χ1) is 7.93. The van der Waals surface area contributed by atoms with E-state index in [1.54, 1.807) is 0 Å². The summed E-state index contributed by atoms with van der Waals surface area (Å²) in [5.41, 5.74) is 10.2. The number of rotatable bonds is 1. The second-order valence-corrected chi connectivity index (χ2v) is 5.91. The van der Waals surface area contributed by atoms with Crippen molar-refractivity contribution in [2.75, 3.05) is 6.61 Å². The van der Waals surface area contributed by atoms with Crippen LogP contribution in [-0.2, 0) is 11.8 Å². The van der Waals surface area contributed by atoms with Gasteiger partial charge in [-0.3, -0.25) is 0 Å². The maximum absolute atomic E-state index is 6.20. The molecule has 0 fully saturated rings. The minimum atomic E-state index is 0.103. The third-order valence-corrected chi connectivity index (χ3v) is 3.47. The number of ether oxygens (including phenoxy) is 1. The van der Waals surface area contributed by atoms with E-state index in [1.807, 2.05) is 0 Å². The van der Waals surface area contributed by atoms with Crippen molar-refractivity contribution in [1.82, 2.24) is 0 Å². The fraction of sp³-hybridized carbons (Fsp3) is 0.600. The maximum atomic E-state index is 6.20. The first-order valence-corrected chi connectivity index (χ1v) is 6.49. The van der Waals surface area contributed by atoms with E-state index in [4.69, 9.17) is 10.5 Å². The van der Waals surface area contributed by atoms with Crippen molar-refractivity contribution in [1.29, 1.82) is 0 Å². The molecule has 0 aromatic heterocycles. The van der Waals surface area contributed by atoms with Gasteiger partial charge in [0.15, 0.2) is 0 Å². The van der Waals surface area contributed by atoms with Gasteiger partial charge in [0.2, 0.25) is 0 Å². The van der Waals surface area contributed by atoms with Crippen molar-refractivity contribution < 1.29 is 4.74 Å². The molecule has 1 aliphatic heterocycles. The Bertz CT molecular complexity index is 418. The molecule has 0 saturated heterocycles. The molecule has 2 N–H and O–H groups in total. The molecule has 17 heavy (non-hydrogen) atoms. The van der Waals surface area contributed by atoms with Crippen LogP contribution in [0.5, 0.6) is 5.75 Å². The number of hydrogen-bond acceptors (Lipinski definition) is 2. The fourth-order valence-electron chi connectivity index (χ4n) is 2.35. The summed E-state index contributed by atoms with van der Waals surface area (Å²) in [4.78, 5) is 0.